The number of hydrogen-bond donors (Lipinski definition) is 1. The summed E-state index contributed by atoms with van der Waals surface area (Å²) >= 11 is 0. The Hall–Kier alpha value is -1.60. The van der Waals surface area contributed by atoms with Crippen molar-refractivity contribution < 1.29 is 0 Å². The van der Waals surface area contributed by atoms with E-state index >= 15 is 0 Å². The summed E-state index contributed by atoms with van der Waals surface area (Å²) in [5.41, 5.74) is 10.8. The van der Waals surface area contributed by atoms with Crippen molar-refractivity contribution in [2.45, 2.75) is 26.2 Å². The molecule has 0 amide bonds. The Morgan fingerprint density at radius 1 is 0.778 bits per heavy atom. The lowest BCUT2D eigenvalue weighted by Gasteiger charge is -2.05. The van der Waals surface area contributed by atoms with E-state index in [1.807, 2.05) is 0 Å². The fourth-order valence-electron chi connectivity index (χ4n) is 2.08. The third kappa shape index (κ3) is 3.44. The Labute approximate surface area is 110 Å². The molecule has 2 aromatic carbocycles. The van der Waals surface area contributed by atoms with Gasteiger partial charge in [0.15, 0.2) is 0 Å². The van der Waals surface area contributed by atoms with Gasteiger partial charge in [-0.05, 0) is 49.4 Å². The van der Waals surface area contributed by atoms with Crippen LogP contribution in [0.5, 0.6) is 0 Å². The lowest BCUT2D eigenvalue weighted by atomic mass is 10.0. The highest BCUT2D eigenvalue weighted by molar-refractivity contribution is 5.63. The monoisotopic (exact) mass is 239 g/mol. The van der Waals surface area contributed by atoms with Gasteiger partial charge in [-0.25, -0.2) is 0 Å². The van der Waals surface area contributed by atoms with Crippen LogP contribution < -0.4 is 5.73 Å². The molecule has 0 saturated heterocycles. The standard InChI is InChI=1S/C17H21N/c1-14-5-9-16(10-6-14)17-11-7-15(8-12-17)4-2-3-13-18/h5-12H,2-4,13,18H2,1H3. The zero-order chi connectivity index (χ0) is 12.8. The predicted octanol–water partition coefficient (Wildman–Crippen LogP) is 3.94. The van der Waals surface area contributed by atoms with Crippen LogP contribution in [0.3, 0.4) is 0 Å². The molecule has 0 aliphatic heterocycles. The van der Waals surface area contributed by atoms with Gasteiger partial charge in [0.25, 0.3) is 0 Å². The van der Waals surface area contributed by atoms with Gasteiger partial charge in [0, 0.05) is 0 Å². The first-order valence-corrected chi connectivity index (χ1v) is 6.65. The summed E-state index contributed by atoms with van der Waals surface area (Å²) in [6.07, 6.45) is 3.42. The van der Waals surface area contributed by atoms with Crippen molar-refractivity contribution in [1.29, 1.82) is 0 Å². The first kappa shape index (κ1) is 12.8. The molecule has 1 heteroatoms. The third-order valence-corrected chi connectivity index (χ3v) is 3.26. The van der Waals surface area contributed by atoms with Crippen LogP contribution in [0.2, 0.25) is 0 Å². The van der Waals surface area contributed by atoms with Gasteiger partial charge >= 0.3 is 0 Å². The number of rotatable bonds is 5. The Morgan fingerprint density at radius 3 is 1.89 bits per heavy atom. The van der Waals surface area contributed by atoms with Crippen molar-refractivity contribution in [1.82, 2.24) is 0 Å². The van der Waals surface area contributed by atoms with Crippen LogP contribution >= 0.6 is 0 Å². The summed E-state index contributed by atoms with van der Waals surface area (Å²) in [7, 11) is 0. The van der Waals surface area contributed by atoms with Crippen LogP contribution in [0.1, 0.15) is 24.0 Å². The molecule has 2 N–H and O–H groups in total. The fraction of sp³-hybridized carbons (Fsp3) is 0.294. The molecule has 2 rings (SSSR count). The molecular weight excluding hydrogens is 218 g/mol. The minimum absolute atomic E-state index is 0.793. The van der Waals surface area contributed by atoms with Crippen LogP contribution in [-0.4, -0.2) is 6.54 Å². The van der Waals surface area contributed by atoms with Crippen LogP contribution in [0.25, 0.3) is 11.1 Å². The molecule has 0 spiro atoms. The lowest BCUT2D eigenvalue weighted by Crippen LogP contribution is -1.98. The van der Waals surface area contributed by atoms with E-state index in [9.17, 15) is 0 Å². The molecule has 0 fully saturated rings. The molecule has 0 atom stereocenters. The average Bonchev–Trinajstić information content (AvgIpc) is 2.41. The summed E-state index contributed by atoms with van der Waals surface area (Å²) in [4.78, 5) is 0. The van der Waals surface area contributed by atoms with Gasteiger partial charge in [0.2, 0.25) is 0 Å². The number of benzene rings is 2. The minimum atomic E-state index is 0.793. The van der Waals surface area contributed by atoms with E-state index in [1.165, 1.54) is 28.7 Å². The van der Waals surface area contributed by atoms with E-state index in [-0.39, 0.29) is 0 Å². The van der Waals surface area contributed by atoms with Gasteiger partial charge in [-0.1, -0.05) is 54.1 Å². The maximum atomic E-state index is 5.50. The van der Waals surface area contributed by atoms with Crippen molar-refractivity contribution in [3.8, 4) is 11.1 Å². The maximum Gasteiger partial charge on any atom is -0.00772 e. The molecule has 0 unspecified atom stereocenters. The van der Waals surface area contributed by atoms with E-state index < -0.39 is 0 Å². The molecule has 0 aromatic heterocycles. The van der Waals surface area contributed by atoms with Crippen molar-refractivity contribution >= 4 is 0 Å². The number of unbranched alkanes of at least 4 members (excludes halogenated alkanes) is 1. The molecule has 0 saturated carbocycles. The minimum Gasteiger partial charge on any atom is -0.330 e. The molecule has 0 aliphatic carbocycles. The second-order valence-electron chi connectivity index (χ2n) is 4.81. The fourth-order valence-corrected chi connectivity index (χ4v) is 2.08. The molecule has 0 heterocycles. The highest BCUT2D eigenvalue weighted by Crippen LogP contribution is 2.20. The molecular formula is C17H21N. The van der Waals surface area contributed by atoms with Gasteiger partial charge in [0.05, 0.1) is 0 Å². The van der Waals surface area contributed by atoms with E-state index in [2.05, 4.69) is 55.5 Å². The number of nitrogens with two attached hydrogens (primary N) is 1. The van der Waals surface area contributed by atoms with Gasteiger partial charge in [0.1, 0.15) is 0 Å². The van der Waals surface area contributed by atoms with Gasteiger partial charge in [-0.3, -0.25) is 0 Å². The van der Waals surface area contributed by atoms with Crippen LogP contribution in [-0.2, 0) is 6.42 Å². The Balaban J connectivity index is 2.05. The smallest absolute Gasteiger partial charge is 0.00772 e. The van der Waals surface area contributed by atoms with Gasteiger partial charge in [-0.15, -0.1) is 0 Å². The lowest BCUT2D eigenvalue weighted by molar-refractivity contribution is 0.745. The molecule has 1 nitrogen and oxygen atoms in total. The average molecular weight is 239 g/mol. The maximum absolute atomic E-state index is 5.50. The second-order valence-corrected chi connectivity index (χ2v) is 4.81. The topological polar surface area (TPSA) is 26.0 Å². The molecule has 18 heavy (non-hydrogen) atoms. The third-order valence-electron chi connectivity index (χ3n) is 3.26. The summed E-state index contributed by atoms with van der Waals surface area (Å²) in [6.45, 7) is 2.91. The second kappa shape index (κ2) is 6.36. The van der Waals surface area contributed by atoms with Gasteiger partial charge < -0.3 is 5.73 Å². The summed E-state index contributed by atoms with van der Waals surface area (Å²) < 4.78 is 0. The van der Waals surface area contributed by atoms with E-state index in [4.69, 9.17) is 5.73 Å². The zero-order valence-corrected chi connectivity index (χ0v) is 11.0. The highest BCUT2D eigenvalue weighted by atomic mass is 14.5. The first-order valence-electron chi connectivity index (χ1n) is 6.65. The number of hydrogen-bond acceptors (Lipinski definition) is 1. The van der Waals surface area contributed by atoms with Crippen LogP contribution in [0, 0.1) is 6.92 Å². The summed E-state index contributed by atoms with van der Waals surface area (Å²) in [5, 5.41) is 0. The molecule has 94 valence electrons. The van der Waals surface area contributed by atoms with E-state index in [1.54, 1.807) is 0 Å². The molecule has 0 radical (unpaired) electrons. The molecule has 2 aromatic rings. The van der Waals surface area contributed by atoms with Crippen LogP contribution in [0.15, 0.2) is 48.5 Å². The normalized spacial score (nSPS) is 10.6. The van der Waals surface area contributed by atoms with E-state index in [0.29, 0.717) is 0 Å². The zero-order valence-electron chi connectivity index (χ0n) is 11.0. The quantitative estimate of drug-likeness (QED) is 0.786. The number of aryl methyl sites for hydroxylation is 2. The van der Waals surface area contributed by atoms with E-state index in [0.717, 1.165) is 19.4 Å². The van der Waals surface area contributed by atoms with Crippen molar-refractivity contribution in [3.05, 3.63) is 59.7 Å². The first-order chi connectivity index (χ1) is 8.79. The van der Waals surface area contributed by atoms with Crippen molar-refractivity contribution in [2.75, 3.05) is 6.54 Å². The van der Waals surface area contributed by atoms with Crippen molar-refractivity contribution in [3.63, 3.8) is 0 Å². The molecule has 0 bridgehead atoms. The summed E-state index contributed by atoms with van der Waals surface area (Å²) in [5.74, 6) is 0. The van der Waals surface area contributed by atoms with Gasteiger partial charge in [-0.2, -0.15) is 0 Å². The highest BCUT2D eigenvalue weighted by Gasteiger charge is 1.98. The largest absolute Gasteiger partial charge is 0.330 e. The Kier molecular flexibility index (Phi) is 4.54. The predicted molar refractivity (Wildman–Crippen MR) is 78.6 cm³/mol. The Morgan fingerprint density at radius 2 is 1.33 bits per heavy atom. The SMILES string of the molecule is Cc1ccc(-c2ccc(CCCCN)cc2)cc1. The Bertz CT molecular complexity index is 468. The van der Waals surface area contributed by atoms with Crippen molar-refractivity contribution in [2.24, 2.45) is 5.73 Å². The molecule has 0 aliphatic rings. The summed E-state index contributed by atoms with van der Waals surface area (Å²) in [6, 6.07) is 17.6. The van der Waals surface area contributed by atoms with Crippen LogP contribution in [0.4, 0.5) is 0 Å².